The van der Waals surface area contributed by atoms with Gasteiger partial charge in [0.15, 0.2) is 0 Å². The maximum Gasteiger partial charge on any atom is 0.149 e. The average Bonchev–Trinajstić information content (AvgIpc) is 2.40. The van der Waals surface area contributed by atoms with Crippen molar-refractivity contribution in [2.24, 2.45) is 0 Å². The summed E-state index contributed by atoms with van der Waals surface area (Å²) in [5.41, 5.74) is 0.203. The first-order valence-corrected chi connectivity index (χ1v) is 5.70. The fourth-order valence-corrected chi connectivity index (χ4v) is 2.01. The zero-order chi connectivity index (χ0) is 12.1. The third-order valence-electron chi connectivity index (χ3n) is 2.94. The van der Waals surface area contributed by atoms with Crippen LogP contribution in [-0.2, 0) is 4.74 Å². The number of anilines is 1. The van der Waals surface area contributed by atoms with Crippen LogP contribution in [0.2, 0.25) is 0 Å². The summed E-state index contributed by atoms with van der Waals surface area (Å²) in [5, 5.41) is 12.6. The lowest BCUT2D eigenvalue weighted by molar-refractivity contribution is 0.0666. The third-order valence-corrected chi connectivity index (χ3v) is 2.94. The molecule has 4 heteroatoms. The molecule has 0 amide bonds. The summed E-state index contributed by atoms with van der Waals surface area (Å²) in [4.78, 5) is 0. The van der Waals surface area contributed by atoms with E-state index in [-0.39, 0.29) is 0 Å². The van der Waals surface area contributed by atoms with Crippen LogP contribution in [0, 0.1) is 11.3 Å². The molecular weight excluding hydrogens is 216 g/mol. The van der Waals surface area contributed by atoms with Crippen molar-refractivity contribution >= 4 is 5.69 Å². The number of nitrogens with zero attached hydrogens (tertiary/aromatic N) is 1. The highest BCUT2D eigenvalue weighted by Gasteiger charge is 2.33. The van der Waals surface area contributed by atoms with Crippen LogP contribution in [0.15, 0.2) is 24.3 Å². The minimum atomic E-state index is -0.632. The predicted molar refractivity (Wildman–Crippen MR) is 65.0 cm³/mol. The van der Waals surface area contributed by atoms with Crippen LogP contribution in [0.3, 0.4) is 0 Å². The second-order valence-corrected chi connectivity index (χ2v) is 4.18. The molecule has 1 aliphatic rings. The Hall–Kier alpha value is -1.73. The van der Waals surface area contributed by atoms with Crippen LogP contribution in [0.5, 0.6) is 5.75 Å². The van der Waals surface area contributed by atoms with E-state index in [4.69, 9.17) is 9.47 Å². The van der Waals surface area contributed by atoms with Gasteiger partial charge in [0.2, 0.25) is 0 Å². The number of para-hydroxylation sites is 2. The Morgan fingerprint density at radius 1 is 1.47 bits per heavy atom. The standard InChI is InChI=1S/C13H16N2O2/c1-16-12-6-3-2-5-11(12)15-13(9-14)7-4-8-17-10-13/h2-3,5-6,15H,4,7-8,10H2,1H3. The zero-order valence-electron chi connectivity index (χ0n) is 9.90. The Balaban J connectivity index is 2.21. The number of nitriles is 1. The lowest BCUT2D eigenvalue weighted by Crippen LogP contribution is -2.44. The molecule has 0 aliphatic carbocycles. The number of hydrogen-bond donors (Lipinski definition) is 1. The molecule has 2 rings (SSSR count). The van der Waals surface area contributed by atoms with E-state index in [1.54, 1.807) is 7.11 Å². The number of methoxy groups -OCH3 is 1. The van der Waals surface area contributed by atoms with E-state index in [1.807, 2.05) is 24.3 Å². The Kier molecular flexibility index (Phi) is 3.50. The molecule has 1 fully saturated rings. The van der Waals surface area contributed by atoms with Crippen LogP contribution < -0.4 is 10.1 Å². The Labute approximate surface area is 101 Å². The largest absolute Gasteiger partial charge is 0.495 e. The lowest BCUT2D eigenvalue weighted by atomic mass is 9.93. The smallest absolute Gasteiger partial charge is 0.149 e. The molecule has 1 aromatic carbocycles. The fraction of sp³-hybridized carbons (Fsp3) is 0.462. The second-order valence-electron chi connectivity index (χ2n) is 4.18. The minimum absolute atomic E-state index is 0.418. The third kappa shape index (κ3) is 2.51. The predicted octanol–water partition coefficient (Wildman–Crippen LogP) is 2.18. The van der Waals surface area contributed by atoms with Gasteiger partial charge in [0.1, 0.15) is 11.3 Å². The highest BCUT2D eigenvalue weighted by atomic mass is 16.5. The van der Waals surface area contributed by atoms with E-state index in [2.05, 4.69) is 11.4 Å². The highest BCUT2D eigenvalue weighted by Crippen LogP contribution is 2.29. The summed E-state index contributed by atoms with van der Waals surface area (Å²) in [7, 11) is 1.62. The molecule has 90 valence electrons. The van der Waals surface area contributed by atoms with Gasteiger partial charge >= 0.3 is 0 Å². The van der Waals surface area contributed by atoms with Gasteiger partial charge in [0, 0.05) is 6.61 Å². The number of rotatable bonds is 3. The normalized spacial score (nSPS) is 23.8. The maximum atomic E-state index is 9.33. The summed E-state index contributed by atoms with van der Waals surface area (Å²) in [6.07, 6.45) is 1.69. The molecule has 1 aliphatic heterocycles. The maximum absolute atomic E-state index is 9.33. The van der Waals surface area contributed by atoms with Gasteiger partial charge in [-0.15, -0.1) is 0 Å². The van der Waals surface area contributed by atoms with Crippen molar-refractivity contribution in [2.75, 3.05) is 25.6 Å². The number of hydrogen-bond acceptors (Lipinski definition) is 4. The molecular formula is C13H16N2O2. The van der Waals surface area contributed by atoms with Crippen molar-refractivity contribution < 1.29 is 9.47 Å². The first kappa shape index (κ1) is 11.7. The molecule has 0 aromatic heterocycles. The molecule has 0 saturated carbocycles. The Bertz CT molecular complexity index is 420. The highest BCUT2D eigenvalue weighted by molar-refractivity contribution is 5.59. The lowest BCUT2D eigenvalue weighted by Gasteiger charge is -2.32. The molecule has 1 saturated heterocycles. The van der Waals surface area contributed by atoms with Crippen LogP contribution in [-0.4, -0.2) is 25.9 Å². The van der Waals surface area contributed by atoms with E-state index >= 15 is 0 Å². The molecule has 4 nitrogen and oxygen atoms in total. The summed E-state index contributed by atoms with van der Waals surface area (Å²) >= 11 is 0. The first-order chi connectivity index (χ1) is 8.29. The quantitative estimate of drug-likeness (QED) is 0.867. The van der Waals surface area contributed by atoms with Crippen molar-refractivity contribution in [2.45, 2.75) is 18.4 Å². The number of ether oxygens (including phenoxy) is 2. The van der Waals surface area contributed by atoms with Gasteiger partial charge in [-0.3, -0.25) is 0 Å². The summed E-state index contributed by atoms with van der Waals surface area (Å²) in [5.74, 6) is 0.743. The number of benzene rings is 1. The molecule has 17 heavy (non-hydrogen) atoms. The average molecular weight is 232 g/mol. The SMILES string of the molecule is COc1ccccc1NC1(C#N)CCCOC1. The molecule has 1 atom stereocenters. The van der Waals surface area contributed by atoms with Crippen molar-refractivity contribution in [3.8, 4) is 11.8 Å². The Morgan fingerprint density at radius 3 is 2.94 bits per heavy atom. The molecule has 0 radical (unpaired) electrons. The van der Waals surface area contributed by atoms with E-state index in [0.29, 0.717) is 6.61 Å². The summed E-state index contributed by atoms with van der Waals surface area (Å²) in [6.45, 7) is 1.15. The van der Waals surface area contributed by atoms with Gasteiger partial charge in [-0.1, -0.05) is 12.1 Å². The van der Waals surface area contributed by atoms with Crippen LogP contribution in [0.1, 0.15) is 12.8 Å². The van der Waals surface area contributed by atoms with Gasteiger partial charge in [0.25, 0.3) is 0 Å². The van der Waals surface area contributed by atoms with Crippen molar-refractivity contribution in [3.05, 3.63) is 24.3 Å². The van der Waals surface area contributed by atoms with E-state index < -0.39 is 5.54 Å². The van der Waals surface area contributed by atoms with Gasteiger partial charge in [-0.2, -0.15) is 5.26 Å². The fourth-order valence-electron chi connectivity index (χ4n) is 2.01. The van der Waals surface area contributed by atoms with Gasteiger partial charge in [-0.25, -0.2) is 0 Å². The van der Waals surface area contributed by atoms with Gasteiger partial charge in [-0.05, 0) is 25.0 Å². The van der Waals surface area contributed by atoms with Crippen molar-refractivity contribution in [1.29, 1.82) is 5.26 Å². The van der Waals surface area contributed by atoms with E-state index in [9.17, 15) is 5.26 Å². The molecule has 0 bridgehead atoms. The van der Waals surface area contributed by atoms with Crippen LogP contribution >= 0.6 is 0 Å². The monoisotopic (exact) mass is 232 g/mol. The molecule has 1 unspecified atom stereocenters. The summed E-state index contributed by atoms with van der Waals surface area (Å²) in [6, 6.07) is 9.93. The topological polar surface area (TPSA) is 54.3 Å². The molecule has 1 heterocycles. The Morgan fingerprint density at radius 2 is 2.29 bits per heavy atom. The second kappa shape index (κ2) is 5.07. The van der Waals surface area contributed by atoms with Crippen LogP contribution in [0.25, 0.3) is 0 Å². The van der Waals surface area contributed by atoms with Crippen molar-refractivity contribution in [3.63, 3.8) is 0 Å². The van der Waals surface area contributed by atoms with Gasteiger partial charge < -0.3 is 14.8 Å². The van der Waals surface area contributed by atoms with Gasteiger partial charge in [0.05, 0.1) is 25.5 Å². The molecule has 1 aromatic rings. The van der Waals surface area contributed by atoms with Crippen molar-refractivity contribution in [1.82, 2.24) is 0 Å². The zero-order valence-corrected chi connectivity index (χ0v) is 9.90. The summed E-state index contributed by atoms with van der Waals surface area (Å²) < 4.78 is 10.7. The molecule has 1 N–H and O–H groups in total. The number of nitrogens with one attached hydrogen (secondary N) is 1. The minimum Gasteiger partial charge on any atom is -0.495 e. The molecule has 0 spiro atoms. The first-order valence-electron chi connectivity index (χ1n) is 5.70. The van der Waals surface area contributed by atoms with Crippen LogP contribution in [0.4, 0.5) is 5.69 Å². The van der Waals surface area contributed by atoms with E-state index in [0.717, 1.165) is 30.9 Å². The van der Waals surface area contributed by atoms with E-state index in [1.165, 1.54) is 0 Å².